The Bertz CT molecular complexity index is 1630. The average Bonchev–Trinajstić information content (AvgIpc) is 2.93. The van der Waals surface area contributed by atoms with Crippen LogP contribution >= 0.6 is 0 Å². The first kappa shape index (κ1) is 29.7. The van der Waals surface area contributed by atoms with Gasteiger partial charge in [-0.1, -0.05) is 62.4 Å². The molecule has 0 unspecified atom stereocenters. The van der Waals surface area contributed by atoms with Crippen LogP contribution in [0.15, 0.2) is 95.9 Å². The molecule has 0 spiro atoms. The maximum atomic E-state index is 13.2. The minimum absolute atomic E-state index is 0.0278. The van der Waals surface area contributed by atoms with E-state index in [1.165, 1.54) is 18.2 Å². The molecule has 4 rings (SSSR count). The van der Waals surface area contributed by atoms with Crippen LogP contribution < -0.4 is 9.47 Å². The van der Waals surface area contributed by atoms with Gasteiger partial charge in [-0.2, -0.15) is 13.2 Å². The van der Waals surface area contributed by atoms with Gasteiger partial charge in [0, 0.05) is 17.2 Å². The van der Waals surface area contributed by atoms with Crippen LogP contribution in [0.3, 0.4) is 0 Å². The summed E-state index contributed by atoms with van der Waals surface area (Å²) in [4.78, 5) is 12.5. The first-order valence-corrected chi connectivity index (χ1v) is 14.2. The highest BCUT2D eigenvalue weighted by Crippen LogP contribution is 2.39. The number of halogens is 3. The summed E-state index contributed by atoms with van der Waals surface area (Å²) in [6.07, 6.45) is -4.65. The Hall–Kier alpha value is -4.31. The number of ether oxygens (including phenoxy) is 2. The van der Waals surface area contributed by atoms with Gasteiger partial charge in [-0.3, -0.25) is 4.79 Å². The van der Waals surface area contributed by atoms with Crippen molar-refractivity contribution in [1.29, 1.82) is 0 Å². The number of rotatable bonds is 10. The molecule has 0 heterocycles. The number of nitrogens with zero attached hydrogens (tertiary/aromatic N) is 1. The number of ketones is 1. The minimum atomic E-state index is -4.65. The second kappa shape index (κ2) is 12.1. The van der Waals surface area contributed by atoms with E-state index in [1.807, 2.05) is 12.1 Å². The zero-order valence-electron chi connectivity index (χ0n) is 22.5. The summed E-state index contributed by atoms with van der Waals surface area (Å²) < 4.78 is 80.5. The molecule has 41 heavy (non-hydrogen) atoms. The molecule has 0 aliphatic rings. The van der Waals surface area contributed by atoms with Crippen LogP contribution in [0.25, 0.3) is 4.72 Å². The fourth-order valence-corrected chi connectivity index (χ4v) is 5.09. The van der Waals surface area contributed by atoms with Crippen molar-refractivity contribution in [3.05, 3.63) is 118 Å². The van der Waals surface area contributed by atoms with Crippen molar-refractivity contribution >= 4 is 21.5 Å². The lowest BCUT2D eigenvalue weighted by atomic mass is 9.98. The molecule has 0 amide bonds. The lowest BCUT2D eigenvalue weighted by Crippen LogP contribution is -2.06. The molecule has 0 aromatic heterocycles. The summed E-state index contributed by atoms with van der Waals surface area (Å²) in [5.74, 6) is 0.620. The topological polar surface area (TPSA) is 83.8 Å². The maximum Gasteiger partial charge on any atom is 0.416 e. The normalized spacial score (nSPS) is 11.8. The Morgan fingerprint density at radius 1 is 0.854 bits per heavy atom. The second-order valence-corrected chi connectivity index (χ2v) is 11.0. The van der Waals surface area contributed by atoms with Crippen LogP contribution in [0.4, 0.5) is 18.9 Å². The summed E-state index contributed by atoms with van der Waals surface area (Å²) in [6.45, 7) is 5.95. The Morgan fingerprint density at radius 3 is 2.05 bits per heavy atom. The zero-order chi connectivity index (χ0) is 29.8. The highest BCUT2D eigenvalue weighted by Gasteiger charge is 2.30. The van der Waals surface area contributed by atoms with Gasteiger partial charge in [0.1, 0.15) is 27.3 Å². The molecule has 0 aliphatic heterocycles. The lowest BCUT2D eigenvalue weighted by molar-refractivity contribution is -0.137. The smallest absolute Gasteiger partial charge is 0.416 e. The Morgan fingerprint density at radius 2 is 1.46 bits per heavy atom. The standard InChI is InChI=1S/C31H27F3NO5S/c1-4-39-28-17-16-27(19-29(28)41(37,38)35-25-7-5-6-24(18-25)31(32,33)34)40-26-14-12-23(13-15-26)30(36)22-10-8-21(9-11-22)20(2)3/h5-20H,4H2,1-3H3/q-1. The zero-order valence-corrected chi connectivity index (χ0v) is 23.3. The lowest BCUT2D eigenvalue weighted by Gasteiger charge is -2.24. The van der Waals surface area contributed by atoms with Crippen molar-refractivity contribution in [1.82, 2.24) is 0 Å². The molecule has 4 aromatic rings. The molecule has 0 fully saturated rings. The molecular formula is C31H27F3NO5S-. The minimum Gasteiger partial charge on any atom is -0.573 e. The summed E-state index contributed by atoms with van der Waals surface area (Å²) >= 11 is 0. The predicted octanol–water partition coefficient (Wildman–Crippen LogP) is 8.64. The molecule has 0 saturated heterocycles. The summed E-state index contributed by atoms with van der Waals surface area (Å²) in [5, 5.41) is 0. The largest absolute Gasteiger partial charge is 0.573 e. The van der Waals surface area contributed by atoms with E-state index in [1.54, 1.807) is 43.3 Å². The fraction of sp³-hybridized carbons (Fsp3) is 0.194. The number of hydrogen-bond donors (Lipinski definition) is 0. The monoisotopic (exact) mass is 582 g/mol. The van der Waals surface area contributed by atoms with Gasteiger partial charge in [-0.25, -0.2) is 8.42 Å². The predicted molar refractivity (Wildman–Crippen MR) is 150 cm³/mol. The number of alkyl halides is 3. The van der Waals surface area contributed by atoms with E-state index in [0.29, 0.717) is 28.9 Å². The second-order valence-electron chi connectivity index (χ2n) is 9.39. The van der Waals surface area contributed by atoms with Crippen molar-refractivity contribution < 1.29 is 35.9 Å². The fourth-order valence-electron chi connectivity index (χ4n) is 3.95. The van der Waals surface area contributed by atoms with Crippen molar-refractivity contribution in [3.63, 3.8) is 0 Å². The maximum absolute atomic E-state index is 13.2. The highest BCUT2D eigenvalue weighted by molar-refractivity contribution is 7.94. The van der Waals surface area contributed by atoms with Gasteiger partial charge in [-0.05, 0) is 54.8 Å². The number of sulfonamides is 1. The summed E-state index contributed by atoms with van der Waals surface area (Å²) in [5.41, 5.74) is 0.723. The first-order chi connectivity index (χ1) is 19.4. The van der Waals surface area contributed by atoms with Gasteiger partial charge in [0.2, 0.25) is 0 Å². The van der Waals surface area contributed by atoms with Crippen molar-refractivity contribution in [2.75, 3.05) is 6.61 Å². The molecule has 0 atom stereocenters. The van der Waals surface area contributed by atoms with Gasteiger partial charge in [-0.15, -0.1) is 5.69 Å². The number of hydrogen-bond acceptors (Lipinski definition) is 5. The summed E-state index contributed by atoms with van der Waals surface area (Å²) in [7, 11) is -4.49. The Balaban J connectivity index is 1.55. The van der Waals surface area contributed by atoms with E-state index in [9.17, 15) is 26.4 Å². The third-order valence-electron chi connectivity index (χ3n) is 6.08. The van der Waals surface area contributed by atoms with E-state index in [0.717, 1.165) is 23.8 Å². The quantitative estimate of drug-likeness (QED) is 0.175. The van der Waals surface area contributed by atoms with Gasteiger partial charge in [0.05, 0.1) is 17.1 Å². The van der Waals surface area contributed by atoms with Crippen molar-refractivity contribution in [2.24, 2.45) is 0 Å². The molecule has 0 radical (unpaired) electrons. The summed E-state index contributed by atoms with van der Waals surface area (Å²) in [6, 6.07) is 21.5. The average molecular weight is 583 g/mol. The van der Waals surface area contributed by atoms with E-state index in [-0.39, 0.29) is 34.5 Å². The van der Waals surface area contributed by atoms with E-state index in [4.69, 9.17) is 9.47 Å². The Labute approximate surface area is 236 Å². The molecule has 0 saturated carbocycles. The molecular weight excluding hydrogens is 555 g/mol. The molecule has 4 aromatic carbocycles. The highest BCUT2D eigenvalue weighted by atomic mass is 32.2. The van der Waals surface area contributed by atoms with Gasteiger partial charge in [0.15, 0.2) is 5.78 Å². The molecule has 6 nitrogen and oxygen atoms in total. The van der Waals surface area contributed by atoms with Crippen LogP contribution in [0.1, 0.15) is 53.7 Å². The number of carbonyl (C=O) groups excluding carboxylic acids is 1. The molecule has 0 bridgehead atoms. The van der Waals surface area contributed by atoms with E-state index < -0.39 is 21.8 Å². The van der Waals surface area contributed by atoms with Crippen molar-refractivity contribution in [2.45, 2.75) is 37.8 Å². The van der Waals surface area contributed by atoms with Gasteiger partial charge in [0.25, 0.3) is 0 Å². The van der Waals surface area contributed by atoms with Crippen LogP contribution in [0, 0.1) is 0 Å². The van der Waals surface area contributed by atoms with Gasteiger partial charge >= 0.3 is 6.18 Å². The van der Waals surface area contributed by atoms with Gasteiger partial charge < -0.3 is 14.2 Å². The van der Waals surface area contributed by atoms with Crippen molar-refractivity contribution in [3.8, 4) is 17.2 Å². The van der Waals surface area contributed by atoms with Crippen LogP contribution in [0.5, 0.6) is 17.2 Å². The number of carbonyl (C=O) groups is 1. The number of benzene rings is 4. The molecule has 0 N–H and O–H groups in total. The third kappa shape index (κ3) is 7.26. The Kier molecular flexibility index (Phi) is 8.72. The van der Waals surface area contributed by atoms with E-state index in [2.05, 4.69) is 18.6 Å². The third-order valence-corrected chi connectivity index (χ3v) is 7.41. The van der Waals surface area contributed by atoms with E-state index >= 15 is 0 Å². The van der Waals surface area contributed by atoms with Crippen LogP contribution in [-0.4, -0.2) is 20.8 Å². The first-order valence-electron chi connectivity index (χ1n) is 12.7. The van der Waals surface area contributed by atoms with Crippen LogP contribution in [0.2, 0.25) is 0 Å². The molecule has 0 aliphatic carbocycles. The molecule has 10 heteroatoms. The molecule has 214 valence electrons. The van der Waals surface area contributed by atoms with Crippen LogP contribution in [-0.2, 0) is 16.2 Å². The SMILES string of the molecule is CCOc1ccc(Oc2ccc(C(=O)c3ccc(C(C)C)cc3)cc2)cc1S(=O)(=O)[N-]c1cccc(C(F)(F)F)c1.